The molecular weight excluding hydrogens is 427 g/mol. The van der Waals surface area contributed by atoms with Crippen molar-refractivity contribution in [2.24, 2.45) is 0 Å². The number of aryl methyl sites for hydroxylation is 1. The first kappa shape index (κ1) is 17.9. The number of nitrogens with one attached hydrogen (secondary N) is 1. The van der Waals surface area contributed by atoms with Crippen molar-refractivity contribution < 1.29 is 9.21 Å². The van der Waals surface area contributed by atoms with Crippen LogP contribution in [0.5, 0.6) is 0 Å². The lowest BCUT2D eigenvalue weighted by atomic mass is 10.2. The number of hydrogen-bond acceptors (Lipinski definition) is 3. The fourth-order valence-corrected chi connectivity index (χ4v) is 3.22. The first-order chi connectivity index (χ1) is 11.8. The van der Waals surface area contributed by atoms with Gasteiger partial charge in [-0.3, -0.25) is 4.79 Å². The highest BCUT2D eigenvalue weighted by molar-refractivity contribution is 9.10. The number of carbonyl (C=O) groups excluding carboxylic acids is 1. The van der Waals surface area contributed by atoms with Crippen LogP contribution in [0.3, 0.4) is 0 Å². The van der Waals surface area contributed by atoms with Gasteiger partial charge in [0.1, 0.15) is 5.76 Å². The normalized spacial score (nSPS) is 10.7. The van der Waals surface area contributed by atoms with Crippen LogP contribution in [0.2, 0.25) is 10.0 Å². The molecule has 1 amide bonds. The van der Waals surface area contributed by atoms with E-state index in [1.54, 1.807) is 30.3 Å². The van der Waals surface area contributed by atoms with Crippen LogP contribution >= 0.6 is 39.1 Å². The average molecular weight is 440 g/mol. The van der Waals surface area contributed by atoms with Gasteiger partial charge >= 0.3 is 0 Å². The predicted octanol–water partition coefficient (Wildman–Crippen LogP) is 6.16. The van der Waals surface area contributed by atoms with E-state index in [2.05, 4.69) is 21.2 Å². The Kier molecular flexibility index (Phi) is 5.08. The van der Waals surface area contributed by atoms with E-state index in [0.29, 0.717) is 32.7 Å². The molecule has 128 valence electrons. The summed E-state index contributed by atoms with van der Waals surface area (Å²) in [5.74, 6) is 0.216. The molecule has 0 atom stereocenters. The van der Waals surface area contributed by atoms with Crippen molar-refractivity contribution in [3.63, 3.8) is 0 Å². The van der Waals surface area contributed by atoms with Crippen LogP contribution in [-0.2, 0) is 0 Å². The van der Waals surface area contributed by atoms with E-state index in [4.69, 9.17) is 33.4 Å². The van der Waals surface area contributed by atoms with Gasteiger partial charge in [0, 0.05) is 15.1 Å². The minimum atomic E-state index is -0.425. The van der Waals surface area contributed by atoms with Crippen molar-refractivity contribution in [2.45, 2.75) is 6.92 Å². The lowest BCUT2D eigenvalue weighted by molar-refractivity contribution is 0.0997. The fourth-order valence-electron chi connectivity index (χ4n) is 2.29. The zero-order valence-corrected chi connectivity index (χ0v) is 16.2. The Morgan fingerprint density at radius 2 is 1.88 bits per heavy atom. The summed E-state index contributed by atoms with van der Waals surface area (Å²) < 4.78 is 6.49. The number of benzene rings is 2. The minimum Gasteiger partial charge on any atom is -0.451 e. The van der Waals surface area contributed by atoms with Crippen LogP contribution in [0.1, 0.15) is 16.1 Å². The van der Waals surface area contributed by atoms with Gasteiger partial charge in [-0.1, -0.05) is 39.1 Å². The van der Waals surface area contributed by atoms with Crippen LogP contribution < -0.4 is 11.1 Å². The quantitative estimate of drug-likeness (QED) is 0.480. The maximum Gasteiger partial charge on any atom is 0.291 e. The topological polar surface area (TPSA) is 68.3 Å². The molecule has 2 aromatic carbocycles. The van der Waals surface area contributed by atoms with Gasteiger partial charge in [-0.15, -0.1) is 0 Å². The monoisotopic (exact) mass is 438 g/mol. The second-order valence-corrected chi connectivity index (χ2v) is 7.16. The van der Waals surface area contributed by atoms with Gasteiger partial charge in [0.05, 0.1) is 16.4 Å². The zero-order valence-electron chi connectivity index (χ0n) is 13.1. The van der Waals surface area contributed by atoms with Gasteiger partial charge < -0.3 is 15.5 Å². The number of nitrogen functional groups attached to an aromatic ring is 1. The zero-order chi connectivity index (χ0) is 18.1. The number of amides is 1. The molecule has 7 heteroatoms. The van der Waals surface area contributed by atoms with Crippen LogP contribution in [-0.4, -0.2) is 5.91 Å². The second-order valence-electron chi connectivity index (χ2n) is 5.43. The highest BCUT2D eigenvalue weighted by atomic mass is 79.9. The summed E-state index contributed by atoms with van der Waals surface area (Å²) >= 11 is 15.6. The fraction of sp³-hybridized carbons (Fsp3) is 0.0556. The SMILES string of the molecule is Cc1cc(N)c(NC(=O)c2ccc(-c3ccc(Br)cc3Cl)o2)cc1Cl. The van der Waals surface area contributed by atoms with Crippen LogP contribution in [0.15, 0.2) is 51.4 Å². The predicted molar refractivity (Wildman–Crippen MR) is 105 cm³/mol. The lowest BCUT2D eigenvalue weighted by Gasteiger charge is -2.09. The molecule has 3 rings (SSSR count). The smallest absolute Gasteiger partial charge is 0.291 e. The highest BCUT2D eigenvalue weighted by Crippen LogP contribution is 2.32. The maximum absolute atomic E-state index is 12.4. The molecule has 0 saturated heterocycles. The van der Waals surface area contributed by atoms with Gasteiger partial charge in [0.15, 0.2) is 5.76 Å². The van der Waals surface area contributed by atoms with E-state index in [9.17, 15) is 4.79 Å². The molecule has 0 aliphatic carbocycles. The average Bonchev–Trinajstić information content (AvgIpc) is 3.02. The van der Waals surface area contributed by atoms with E-state index >= 15 is 0 Å². The van der Waals surface area contributed by atoms with Crippen molar-refractivity contribution in [2.75, 3.05) is 11.1 Å². The van der Waals surface area contributed by atoms with E-state index in [0.717, 1.165) is 10.0 Å². The van der Waals surface area contributed by atoms with E-state index < -0.39 is 5.91 Å². The highest BCUT2D eigenvalue weighted by Gasteiger charge is 2.16. The molecule has 3 aromatic rings. The molecule has 0 aliphatic rings. The molecule has 0 spiro atoms. The van der Waals surface area contributed by atoms with E-state index in [-0.39, 0.29) is 5.76 Å². The standard InChI is InChI=1S/C18H13BrCl2N2O2/c1-9-6-14(22)15(8-12(9)20)23-18(24)17-5-4-16(25-17)11-3-2-10(19)7-13(11)21/h2-8H,22H2,1H3,(H,23,24). The summed E-state index contributed by atoms with van der Waals surface area (Å²) in [6, 6.07) is 12.0. The summed E-state index contributed by atoms with van der Waals surface area (Å²) in [7, 11) is 0. The Labute approximate surface area is 163 Å². The Balaban J connectivity index is 1.85. The molecule has 0 radical (unpaired) electrons. The van der Waals surface area contributed by atoms with Crippen molar-refractivity contribution in [1.82, 2.24) is 0 Å². The molecule has 4 nitrogen and oxygen atoms in total. The number of halogens is 3. The van der Waals surface area contributed by atoms with Gasteiger partial charge in [-0.2, -0.15) is 0 Å². The van der Waals surface area contributed by atoms with Crippen molar-refractivity contribution in [3.8, 4) is 11.3 Å². The summed E-state index contributed by atoms with van der Waals surface area (Å²) in [6.45, 7) is 1.84. The molecule has 0 fully saturated rings. The van der Waals surface area contributed by atoms with E-state index in [1.807, 2.05) is 19.1 Å². The molecule has 0 bridgehead atoms. The van der Waals surface area contributed by atoms with Gasteiger partial charge in [-0.25, -0.2) is 0 Å². The Hall–Kier alpha value is -1.95. The first-order valence-corrected chi connectivity index (χ1v) is 8.82. The van der Waals surface area contributed by atoms with Gasteiger partial charge in [0.25, 0.3) is 5.91 Å². The molecule has 25 heavy (non-hydrogen) atoms. The number of anilines is 2. The summed E-state index contributed by atoms with van der Waals surface area (Å²) in [6.07, 6.45) is 0. The molecule has 1 heterocycles. The summed E-state index contributed by atoms with van der Waals surface area (Å²) in [5, 5.41) is 3.74. The lowest BCUT2D eigenvalue weighted by Crippen LogP contribution is -2.12. The molecular formula is C18H13BrCl2N2O2. The summed E-state index contributed by atoms with van der Waals surface area (Å²) in [4.78, 5) is 12.4. The number of carbonyl (C=O) groups is 1. The number of rotatable bonds is 3. The van der Waals surface area contributed by atoms with Gasteiger partial charge in [0.2, 0.25) is 0 Å². The van der Waals surface area contributed by atoms with Crippen molar-refractivity contribution in [3.05, 3.63) is 68.3 Å². The Morgan fingerprint density at radius 1 is 1.12 bits per heavy atom. The molecule has 0 saturated carbocycles. The third-order valence-corrected chi connectivity index (χ3v) is 4.82. The van der Waals surface area contributed by atoms with Gasteiger partial charge in [-0.05, 0) is 55.0 Å². The van der Waals surface area contributed by atoms with Crippen LogP contribution in [0.25, 0.3) is 11.3 Å². The van der Waals surface area contributed by atoms with Crippen molar-refractivity contribution >= 4 is 56.4 Å². The summed E-state index contributed by atoms with van der Waals surface area (Å²) in [5.41, 5.74) is 8.31. The molecule has 1 aromatic heterocycles. The van der Waals surface area contributed by atoms with Crippen LogP contribution in [0, 0.1) is 6.92 Å². The number of nitrogens with two attached hydrogens (primary N) is 1. The molecule has 3 N–H and O–H groups in total. The molecule has 0 aliphatic heterocycles. The second kappa shape index (κ2) is 7.12. The molecule has 0 unspecified atom stereocenters. The van der Waals surface area contributed by atoms with Crippen LogP contribution in [0.4, 0.5) is 11.4 Å². The first-order valence-electron chi connectivity index (χ1n) is 7.27. The number of furan rings is 1. The third kappa shape index (κ3) is 3.84. The third-order valence-electron chi connectivity index (χ3n) is 3.61. The minimum absolute atomic E-state index is 0.144. The Bertz CT molecular complexity index is 970. The van der Waals surface area contributed by atoms with E-state index in [1.165, 1.54) is 0 Å². The maximum atomic E-state index is 12.4. The largest absolute Gasteiger partial charge is 0.451 e. The number of hydrogen-bond donors (Lipinski definition) is 2. The van der Waals surface area contributed by atoms with Crippen molar-refractivity contribution in [1.29, 1.82) is 0 Å². The Morgan fingerprint density at radius 3 is 2.60 bits per heavy atom.